The largest absolute Gasteiger partial charge is 0.443 e. The van der Waals surface area contributed by atoms with Crippen molar-refractivity contribution in [1.29, 1.82) is 0 Å². The number of hydrogen-bond acceptors (Lipinski definition) is 2. The summed E-state index contributed by atoms with van der Waals surface area (Å²) in [7, 11) is 0. The lowest BCUT2D eigenvalue weighted by molar-refractivity contribution is -0.314. The van der Waals surface area contributed by atoms with Gasteiger partial charge in [-0.05, 0) is 12.8 Å². The van der Waals surface area contributed by atoms with E-state index in [4.69, 9.17) is 0 Å². The van der Waals surface area contributed by atoms with Gasteiger partial charge in [0.2, 0.25) is 0 Å². The molecule has 0 saturated carbocycles. The molecule has 138 valence electrons. The summed E-state index contributed by atoms with van der Waals surface area (Å²) in [6.07, 6.45) is -9.49. The topological polar surface area (TPSA) is 26.3 Å². The average Bonchev–Trinajstić information content (AvgIpc) is 2.41. The normalized spacial score (nSPS) is 14.1. The van der Waals surface area contributed by atoms with Gasteiger partial charge in [-0.15, -0.1) is 0 Å². The highest BCUT2D eigenvalue weighted by atomic mass is 19.4. The van der Waals surface area contributed by atoms with E-state index in [0.29, 0.717) is 6.42 Å². The number of ether oxygens (including phenoxy) is 1. The Morgan fingerprint density at radius 3 is 1.78 bits per heavy atom. The maximum atomic E-state index is 12.4. The number of rotatable bonds is 10. The van der Waals surface area contributed by atoms with Gasteiger partial charge in [0.25, 0.3) is 6.10 Å². The number of carbonyl (C=O) groups is 1. The van der Waals surface area contributed by atoms with E-state index in [1.807, 2.05) is 0 Å². The van der Waals surface area contributed by atoms with Crippen LogP contribution in [0.2, 0.25) is 0 Å². The molecule has 0 spiro atoms. The summed E-state index contributed by atoms with van der Waals surface area (Å²) in [6, 6.07) is 0. The maximum absolute atomic E-state index is 12.4. The first kappa shape index (κ1) is 22.1. The van der Waals surface area contributed by atoms with Crippen molar-refractivity contribution >= 4 is 5.97 Å². The van der Waals surface area contributed by atoms with E-state index in [2.05, 4.69) is 11.7 Å². The van der Waals surface area contributed by atoms with Gasteiger partial charge in [-0.3, -0.25) is 4.79 Å². The van der Waals surface area contributed by atoms with Crippen molar-refractivity contribution in [2.24, 2.45) is 5.92 Å². The quantitative estimate of drug-likeness (QED) is 0.283. The van der Waals surface area contributed by atoms with Gasteiger partial charge in [0.05, 0.1) is 5.92 Å². The zero-order valence-electron chi connectivity index (χ0n) is 13.4. The van der Waals surface area contributed by atoms with Crippen molar-refractivity contribution in [3.8, 4) is 0 Å². The SMILES string of the molecule is CCCCCCCCC(CC)C(=O)OC(C(F)(F)F)C(F)(F)F. The molecule has 2 nitrogen and oxygen atoms in total. The van der Waals surface area contributed by atoms with Crippen molar-refractivity contribution < 1.29 is 35.9 Å². The van der Waals surface area contributed by atoms with E-state index in [9.17, 15) is 31.1 Å². The molecule has 23 heavy (non-hydrogen) atoms. The summed E-state index contributed by atoms with van der Waals surface area (Å²) in [6.45, 7) is 3.60. The summed E-state index contributed by atoms with van der Waals surface area (Å²) in [5, 5.41) is 0. The number of unbranched alkanes of at least 4 members (excludes halogenated alkanes) is 5. The van der Waals surface area contributed by atoms with Crippen LogP contribution in [0.4, 0.5) is 26.3 Å². The van der Waals surface area contributed by atoms with Gasteiger partial charge < -0.3 is 4.74 Å². The van der Waals surface area contributed by atoms with Crippen LogP contribution in [-0.2, 0) is 9.53 Å². The van der Waals surface area contributed by atoms with Crippen LogP contribution in [-0.4, -0.2) is 24.4 Å². The molecule has 0 N–H and O–H groups in total. The third-order valence-corrected chi connectivity index (χ3v) is 3.56. The Morgan fingerprint density at radius 2 is 1.35 bits per heavy atom. The molecule has 0 heterocycles. The Kier molecular flexibility index (Phi) is 9.61. The molecule has 0 aliphatic carbocycles. The van der Waals surface area contributed by atoms with E-state index in [1.54, 1.807) is 6.92 Å². The molecule has 8 heteroatoms. The lowest BCUT2D eigenvalue weighted by Crippen LogP contribution is -2.46. The molecule has 0 aromatic heterocycles. The van der Waals surface area contributed by atoms with E-state index in [1.165, 1.54) is 0 Å². The Labute approximate surface area is 132 Å². The van der Waals surface area contributed by atoms with Gasteiger partial charge in [0.1, 0.15) is 0 Å². The third kappa shape index (κ3) is 9.05. The Bertz CT molecular complexity index is 324. The predicted octanol–water partition coefficient (Wildman–Crippen LogP) is 5.80. The summed E-state index contributed by atoms with van der Waals surface area (Å²) in [5.41, 5.74) is 0. The monoisotopic (exact) mass is 350 g/mol. The van der Waals surface area contributed by atoms with Gasteiger partial charge in [0.15, 0.2) is 0 Å². The molecule has 1 unspecified atom stereocenters. The first-order valence-corrected chi connectivity index (χ1v) is 7.87. The van der Waals surface area contributed by atoms with Crippen LogP contribution in [0.1, 0.15) is 65.2 Å². The van der Waals surface area contributed by atoms with Crippen LogP contribution in [0.3, 0.4) is 0 Å². The summed E-state index contributed by atoms with van der Waals surface area (Å²) in [5.74, 6) is -2.37. The van der Waals surface area contributed by atoms with E-state index in [-0.39, 0.29) is 12.8 Å². The van der Waals surface area contributed by atoms with Crippen molar-refractivity contribution in [3.05, 3.63) is 0 Å². The zero-order valence-corrected chi connectivity index (χ0v) is 13.4. The maximum Gasteiger partial charge on any atom is 0.434 e. The number of carbonyl (C=O) groups excluding carboxylic acids is 1. The van der Waals surface area contributed by atoms with Crippen LogP contribution < -0.4 is 0 Å². The predicted molar refractivity (Wildman–Crippen MR) is 73.8 cm³/mol. The average molecular weight is 350 g/mol. The number of halogens is 6. The van der Waals surface area contributed by atoms with Gasteiger partial charge in [0, 0.05) is 0 Å². The van der Waals surface area contributed by atoms with E-state index in [0.717, 1.165) is 32.1 Å². The van der Waals surface area contributed by atoms with Crippen LogP contribution in [0.25, 0.3) is 0 Å². The van der Waals surface area contributed by atoms with Crippen LogP contribution in [0.15, 0.2) is 0 Å². The number of alkyl halides is 6. The van der Waals surface area contributed by atoms with E-state index >= 15 is 0 Å². The standard InChI is InChI=1S/C15H24F6O2/c1-3-5-6-7-8-9-10-11(4-2)12(22)23-13(14(16,17)18)15(19,20)21/h11,13H,3-10H2,1-2H3. The molecule has 0 fully saturated rings. The first-order valence-electron chi connectivity index (χ1n) is 7.87. The number of esters is 1. The van der Waals surface area contributed by atoms with Crippen LogP contribution in [0, 0.1) is 5.92 Å². The highest BCUT2D eigenvalue weighted by Gasteiger charge is 2.60. The molecule has 1 atom stereocenters. The molecule has 0 saturated heterocycles. The van der Waals surface area contributed by atoms with Gasteiger partial charge in [-0.25, -0.2) is 0 Å². The molecule has 0 aromatic rings. The van der Waals surface area contributed by atoms with Crippen molar-refractivity contribution in [1.82, 2.24) is 0 Å². The molecule has 0 bridgehead atoms. The zero-order chi connectivity index (χ0) is 18.1. The van der Waals surface area contributed by atoms with Gasteiger partial charge >= 0.3 is 18.3 Å². The second kappa shape index (κ2) is 10.0. The second-order valence-corrected chi connectivity index (χ2v) is 5.56. The lowest BCUT2D eigenvalue weighted by atomic mass is 9.98. The molecule has 0 aliphatic heterocycles. The van der Waals surface area contributed by atoms with Gasteiger partial charge in [-0.2, -0.15) is 26.3 Å². The van der Waals surface area contributed by atoms with Crippen molar-refractivity contribution in [2.75, 3.05) is 0 Å². The molecule has 0 rings (SSSR count). The van der Waals surface area contributed by atoms with Crippen molar-refractivity contribution in [2.45, 2.75) is 83.7 Å². The summed E-state index contributed by atoms with van der Waals surface area (Å²) >= 11 is 0. The fourth-order valence-corrected chi connectivity index (χ4v) is 2.19. The minimum absolute atomic E-state index is 0.149. The highest BCUT2D eigenvalue weighted by molar-refractivity contribution is 5.72. The summed E-state index contributed by atoms with van der Waals surface area (Å²) in [4.78, 5) is 11.6. The third-order valence-electron chi connectivity index (χ3n) is 3.56. The van der Waals surface area contributed by atoms with Crippen LogP contribution in [0.5, 0.6) is 0 Å². The smallest absolute Gasteiger partial charge is 0.434 e. The van der Waals surface area contributed by atoms with E-state index < -0.39 is 30.3 Å². The van der Waals surface area contributed by atoms with Crippen LogP contribution >= 0.6 is 0 Å². The molecule has 0 aromatic carbocycles. The second-order valence-electron chi connectivity index (χ2n) is 5.56. The molecule has 0 aliphatic rings. The molecule has 0 amide bonds. The molecule has 0 radical (unpaired) electrons. The Morgan fingerprint density at radius 1 is 0.870 bits per heavy atom. The number of hydrogen-bond donors (Lipinski definition) is 0. The Hall–Kier alpha value is -0.950. The molecular formula is C15H24F6O2. The Balaban J connectivity index is 4.47. The molecular weight excluding hydrogens is 326 g/mol. The minimum atomic E-state index is -5.66. The fraction of sp³-hybridized carbons (Fsp3) is 0.933. The fourth-order valence-electron chi connectivity index (χ4n) is 2.19. The minimum Gasteiger partial charge on any atom is -0.443 e. The van der Waals surface area contributed by atoms with Crippen molar-refractivity contribution in [3.63, 3.8) is 0 Å². The summed E-state index contributed by atoms with van der Waals surface area (Å²) < 4.78 is 78.0. The van der Waals surface area contributed by atoms with Gasteiger partial charge in [-0.1, -0.05) is 52.4 Å². The lowest BCUT2D eigenvalue weighted by Gasteiger charge is -2.25. The highest BCUT2D eigenvalue weighted by Crippen LogP contribution is 2.36. The first-order chi connectivity index (χ1) is 10.5.